The number of benzene rings is 1. The minimum absolute atomic E-state index is 0.224. The zero-order valence-corrected chi connectivity index (χ0v) is 10.9. The van der Waals surface area contributed by atoms with Gasteiger partial charge in [-0.2, -0.15) is 5.10 Å². The predicted molar refractivity (Wildman–Crippen MR) is 69.5 cm³/mol. The predicted octanol–water partition coefficient (Wildman–Crippen LogP) is 1.98. The smallest absolute Gasteiger partial charge is 0.181 e. The van der Waals surface area contributed by atoms with Gasteiger partial charge in [0.2, 0.25) is 0 Å². The van der Waals surface area contributed by atoms with Gasteiger partial charge in [0, 0.05) is 29.0 Å². The van der Waals surface area contributed by atoms with E-state index in [0.29, 0.717) is 0 Å². The fourth-order valence-corrected chi connectivity index (χ4v) is 2.48. The molecule has 1 aromatic carbocycles. The van der Waals surface area contributed by atoms with Crippen LogP contribution in [0.2, 0.25) is 0 Å². The molecule has 0 saturated carbocycles. The third-order valence-electron chi connectivity index (χ3n) is 2.99. The summed E-state index contributed by atoms with van der Waals surface area (Å²) in [4.78, 5) is 4.56. The molecule has 4 nitrogen and oxygen atoms in total. The number of hydrogen-bond acceptors (Lipinski definition) is 3. The molecule has 0 aliphatic carbocycles. The third kappa shape index (κ3) is 2.12. The Morgan fingerprint density at radius 3 is 3.12 bits per heavy atom. The molecule has 2 aromatic rings. The second-order valence-corrected chi connectivity index (χ2v) is 5.25. The van der Waals surface area contributed by atoms with Gasteiger partial charge in [0.05, 0.1) is 0 Å². The van der Waals surface area contributed by atoms with E-state index in [4.69, 9.17) is 5.73 Å². The molecule has 1 aliphatic heterocycles. The van der Waals surface area contributed by atoms with E-state index in [1.165, 1.54) is 0 Å². The lowest BCUT2D eigenvalue weighted by Crippen LogP contribution is -2.31. The minimum Gasteiger partial charge on any atom is -0.327 e. The lowest BCUT2D eigenvalue weighted by Gasteiger charge is -2.17. The van der Waals surface area contributed by atoms with Gasteiger partial charge in [-0.15, -0.1) is 0 Å². The minimum atomic E-state index is 0.224. The molecule has 1 unspecified atom stereocenters. The van der Waals surface area contributed by atoms with Crippen LogP contribution in [0, 0.1) is 0 Å². The van der Waals surface area contributed by atoms with Crippen molar-refractivity contribution in [2.75, 3.05) is 0 Å². The number of nitrogens with two attached hydrogens (primary N) is 1. The first-order valence-electron chi connectivity index (χ1n) is 5.67. The van der Waals surface area contributed by atoms with Crippen LogP contribution in [0.15, 0.2) is 28.7 Å². The van der Waals surface area contributed by atoms with Crippen molar-refractivity contribution in [2.24, 2.45) is 5.73 Å². The topological polar surface area (TPSA) is 56.7 Å². The highest BCUT2D eigenvalue weighted by Gasteiger charge is 2.19. The van der Waals surface area contributed by atoms with Crippen LogP contribution in [0.3, 0.4) is 0 Å². The summed E-state index contributed by atoms with van der Waals surface area (Å²) in [6, 6.07) is 8.26. The summed E-state index contributed by atoms with van der Waals surface area (Å²) in [6.07, 6.45) is 1.80. The third-order valence-corrected chi connectivity index (χ3v) is 3.48. The molecule has 17 heavy (non-hydrogen) atoms. The van der Waals surface area contributed by atoms with Crippen molar-refractivity contribution >= 4 is 15.9 Å². The Labute approximate surface area is 108 Å². The average molecular weight is 293 g/mol. The van der Waals surface area contributed by atoms with E-state index < -0.39 is 0 Å². The molecule has 2 heterocycles. The molecule has 3 rings (SSSR count). The van der Waals surface area contributed by atoms with Gasteiger partial charge >= 0.3 is 0 Å². The van der Waals surface area contributed by atoms with Crippen LogP contribution >= 0.6 is 15.9 Å². The summed E-state index contributed by atoms with van der Waals surface area (Å²) in [5.41, 5.74) is 6.97. The van der Waals surface area contributed by atoms with Crippen molar-refractivity contribution in [3.8, 4) is 11.4 Å². The van der Waals surface area contributed by atoms with E-state index in [2.05, 4.69) is 26.0 Å². The van der Waals surface area contributed by atoms with E-state index in [1.54, 1.807) is 0 Å². The largest absolute Gasteiger partial charge is 0.327 e. The molecular formula is C12H13BrN4. The van der Waals surface area contributed by atoms with E-state index in [-0.39, 0.29) is 6.04 Å². The molecule has 88 valence electrons. The van der Waals surface area contributed by atoms with Crippen molar-refractivity contribution in [1.29, 1.82) is 0 Å². The molecule has 1 aromatic heterocycles. The average Bonchev–Trinajstić information content (AvgIpc) is 2.72. The Morgan fingerprint density at radius 1 is 1.41 bits per heavy atom. The van der Waals surface area contributed by atoms with Crippen LogP contribution in [0.5, 0.6) is 0 Å². The first kappa shape index (κ1) is 10.9. The van der Waals surface area contributed by atoms with Crippen LogP contribution in [0.4, 0.5) is 0 Å². The fraction of sp³-hybridized carbons (Fsp3) is 0.333. The number of aromatic nitrogens is 3. The molecule has 0 fully saturated rings. The van der Waals surface area contributed by atoms with E-state index in [9.17, 15) is 0 Å². The SMILES string of the molecule is NC1CCn2nc(-c3cccc(Br)c3)nc2C1. The molecular weight excluding hydrogens is 280 g/mol. The van der Waals surface area contributed by atoms with Crippen LogP contribution in [0.25, 0.3) is 11.4 Å². The van der Waals surface area contributed by atoms with Crippen LogP contribution in [-0.4, -0.2) is 20.8 Å². The Morgan fingerprint density at radius 2 is 2.29 bits per heavy atom. The number of fused-ring (bicyclic) bond motifs is 1. The van der Waals surface area contributed by atoms with Gasteiger partial charge < -0.3 is 5.73 Å². The zero-order valence-electron chi connectivity index (χ0n) is 9.31. The summed E-state index contributed by atoms with van der Waals surface area (Å²) >= 11 is 3.46. The standard InChI is InChI=1S/C12H13BrN4/c13-9-3-1-2-8(6-9)12-15-11-7-10(14)4-5-17(11)16-12/h1-3,6,10H,4-5,7,14H2. The Bertz CT molecular complexity index is 549. The normalized spacial score (nSPS) is 19.1. The summed E-state index contributed by atoms with van der Waals surface area (Å²) in [5.74, 6) is 1.79. The van der Waals surface area contributed by atoms with Crippen molar-refractivity contribution in [3.63, 3.8) is 0 Å². The molecule has 0 amide bonds. The van der Waals surface area contributed by atoms with Crippen molar-refractivity contribution in [1.82, 2.24) is 14.8 Å². The number of rotatable bonds is 1. The first-order valence-corrected chi connectivity index (χ1v) is 6.47. The summed E-state index contributed by atoms with van der Waals surface area (Å²) in [6.45, 7) is 0.873. The van der Waals surface area contributed by atoms with E-state index in [0.717, 1.165) is 41.1 Å². The highest BCUT2D eigenvalue weighted by atomic mass is 79.9. The molecule has 1 atom stereocenters. The van der Waals surface area contributed by atoms with Gasteiger partial charge in [-0.25, -0.2) is 9.67 Å². The van der Waals surface area contributed by atoms with Crippen LogP contribution < -0.4 is 5.73 Å². The van der Waals surface area contributed by atoms with Gasteiger partial charge in [0.25, 0.3) is 0 Å². The molecule has 0 spiro atoms. The zero-order chi connectivity index (χ0) is 11.8. The van der Waals surface area contributed by atoms with E-state index >= 15 is 0 Å². The maximum atomic E-state index is 5.93. The second-order valence-electron chi connectivity index (χ2n) is 4.34. The second kappa shape index (κ2) is 4.23. The van der Waals surface area contributed by atoms with E-state index in [1.807, 2.05) is 28.9 Å². The summed E-state index contributed by atoms with van der Waals surface area (Å²) < 4.78 is 3.01. The Hall–Kier alpha value is -1.20. The van der Waals surface area contributed by atoms with Crippen molar-refractivity contribution < 1.29 is 0 Å². The summed E-state index contributed by atoms with van der Waals surface area (Å²) in [5, 5.41) is 4.53. The maximum Gasteiger partial charge on any atom is 0.181 e. The maximum absolute atomic E-state index is 5.93. The number of aryl methyl sites for hydroxylation is 1. The first-order chi connectivity index (χ1) is 8.22. The number of hydrogen-bond donors (Lipinski definition) is 1. The van der Waals surface area contributed by atoms with Crippen molar-refractivity contribution in [2.45, 2.75) is 25.4 Å². The molecule has 0 bridgehead atoms. The molecule has 2 N–H and O–H groups in total. The Balaban J connectivity index is 2.00. The quantitative estimate of drug-likeness (QED) is 0.874. The van der Waals surface area contributed by atoms with Crippen molar-refractivity contribution in [3.05, 3.63) is 34.6 Å². The highest BCUT2D eigenvalue weighted by molar-refractivity contribution is 9.10. The monoisotopic (exact) mass is 292 g/mol. The van der Waals surface area contributed by atoms with Crippen LogP contribution in [-0.2, 0) is 13.0 Å². The van der Waals surface area contributed by atoms with Gasteiger partial charge in [-0.1, -0.05) is 28.1 Å². The summed E-state index contributed by atoms with van der Waals surface area (Å²) in [7, 11) is 0. The lowest BCUT2D eigenvalue weighted by atomic mass is 10.1. The van der Waals surface area contributed by atoms with Gasteiger partial charge in [-0.05, 0) is 18.6 Å². The van der Waals surface area contributed by atoms with Crippen LogP contribution in [0.1, 0.15) is 12.2 Å². The number of nitrogens with zero attached hydrogens (tertiary/aromatic N) is 3. The highest BCUT2D eigenvalue weighted by Crippen LogP contribution is 2.22. The fourth-order valence-electron chi connectivity index (χ4n) is 2.08. The van der Waals surface area contributed by atoms with Gasteiger partial charge in [0.15, 0.2) is 5.82 Å². The lowest BCUT2D eigenvalue weighted by molar-refractivity contribution is 0.433. The molecule has 5 heteroatoms. The van der Waals surface area contributed by atoms with Gasteiger partial charge in [0.1, 0.15) is 5.82 Å². The van der Waals surface area contributed by atoms with Gasteiger partial charge in [-0.3, -0.25) is 0 Å². The number of halogens is 1. The Kier molecular flexibility index (Phi) is 2.72. The molecule has 0 saturated heterocycles. The molecule has 0 radical (unpaired) electrons. The molecule has 1 aliphatic rings.